The van der Waals surface area contributed by atoms with Gasteiger partial charge >= 0.3 is 0 Å². The van der Waals surface area contributed by atoms with E-state index < -0.39 is 36.4 Å². The minimum atomic E-state index is -0.989. The highest BCUT2D eigenvalue weighted by Crippen LogP contribution is 2.33. The number of aliphatic hydroxyl groups is 1. The molecule has 7 heteroatoms. The molecular weight excluding hydrogens is 338 g/mol. The van der Waals surface area contributed by atoms with Crippen LogP contribution in [0.2, 0.25) is 0 Å². The van der Waals surface area contributed by atoms with Crippen LogP contribution in [0.3, 0.4) is 0 Å². The molecule has 2 N–H and O–H groups in total. The van der Waals surface area contributed by atoms with Crippen molar-refractivity contribution in [3.8, 4) is 5.75 Å². The molecule has 5 atom stereocenters. The van der Waals surface area contributed by atoms with E-state index in [0.29, 0.717) is 5.75 Å². The van der Waals surface area contributed by atoms with E-state index in [1.807, 2.05) is 32.0 Å². The Hall–Kier alpha value is -1.67. The molecule has 144 valence electrons. The van der Waals surface area contributed by atoms with Gasteiger partial charge in [0.25, 0.3) is 0 Å². The summed E-state index contributed by atoms with van der Waals surface area (Å²) >= 11 is 0. The Kier molecular flexibility index (Phi) is 5.25. The molecule has 0 bridgehead atoms. The van der Waals surface area contributed by atoms with Crippen molar-refractivity contribution < 1.29 is 28.8 Å². The van der Waals surface area contributed by atoms with Crippen LogP contribution in [0.5, 0.6) is 5.75 Å². The van der Waals surface area contributed by atoms with Gasteiger partial charge in [0.15, 0.2) is 5.79 Å². The highest BCUT2D eigenvalue weighted by atomic mass is 16.8. The van der Waals surface area contributed by atoms with Gasteiger partial charge in [0.05, 0.1) is 6.61 Å². The zero-order valence-corrected chi connectivity index (χ0v) is 15.8. The second-order valence-electron chi connectivity index (χ2n) is 7.44. The molecule has 2 aliphatic heterocycles. The molecule has 26 heavy (non-hydrogen) atoms. The van der Waals surface area contributed by atoms with E-state index in [-0.39, 0.29) is 12.5 Å². The number of carbonyl (C=O) groups is 1. The van der Waals surface area contributed by atoms with Crippen LogP contribution < -0.4 is 10.1 Å². The Balaban J connectivity index is 1.84. The molecule has 3 rings (SSSR count). The van der Waals surface area contributed by atoms with Crippen LogP contribution in [0, 0.1) is 13.8 Å². The Labute approximate surface area is 153 Å². The maximum Gasteiger partial charge on any atom is 0.223 e. The zero-order chi connectivity index (χ0) is 19.1. The Bertz CT molecular complexity index is 676. The normalized spacial score (nSPS) is 33.2. The lowest BCUT2D eigenvalue weighted by Crippen LogP contribution is -2.69. The van der Waals surface area contributed by atoms with E-state index >= 15 is 0 Å². The van der Waals surface area contributed by atoms with Gasteiger partial charge < -0.3 is 29.4 Å². The summed E-state index contributed by atoms with van der Waals surface area (Å²) in [7, 11) is 0. The summed E-state index contributed by atoms with van der Waals surface area (Å²) in [4.78, 5) is 11.7. The summed E-state index contributed by atoms with van der Waals surface area (Å²) in [6.07, 6.45) is -2.95. The van der Waals surface area contributed by atoms with E-state index in [1.54, 1.807) is 13.8 Å². The first-order chi connectivity index (χ1) is 12.2. The van der Waals surface area contributed by atoms with Crippen molar-refractivity contribution in [2.75, 3.05) is 6.61 Å². The number of fused-ring (bicyclic) bond motifs is 1. The first kappa shape index (κ1) is 19.1. The quantitative estimate of drug-likeness (QED) is 0.843. The number of rotatable bonds is 3. The van der Waals surface area contributed by atoms with Crippen LogP contribution in [0.25, 0.3) is 0 Å². The van der Waals surface area contributed by atoms with Gasteiger partial charge in [-0.05, 0) is 39.3 Å². The fourth-order valence-electron chi connectivity index (χ4n) is 3.39. The van der Waals surface area contributed by atoms with Crippen molar-refractivity contribution in [1.29, 1.82) is 0 Å². The van der Waals surface area contributed by atoms with Crippen LogP contribution in [0.4, 0.5) is 0 Å². The number of ether oxygens (including phenoxy) is 4. The monoisotopic (exact) mass is 365 g/mol. The highest BCUT2D eigenvalue weighted by Gasteiger charge is 2.52. The van der Waals surface area contributed by atoms with Crippen LogP contribution in [0.1, 0.15) is 31.9 Å². The van der Waals surface area contributed by atoms with E-state index in [9.17, 15) is 9.90 Å². The Morgan fingerprint density at radius 1 is 1.35 bits per heavy atom. The molecule has 1 aromatic rings. The van der Waals surface area contributed by atoms with E-state index in [0.717, 1.165) is 11.1 Å². The number of nitrogens with one attached hydrogen (secondary N) is 1. The van der Waals surface area contributed by atoms with Crippen LogP contribution in [-0.4, -0.2) is 54.1 Å². The van der Waals surface area contributed by atoms with E-state index in [4.69, 9.17) is 18.9 Å². The number of hydrogen-bond acceptors (Lipinski definition) is 6. The molecule has 2 aliphatic rings. The van der Waals surface area contributed by atoms with Gasteiger partial charge in [0, 0.05) is 6.92 Å². The molecule has 0 spiro atoms. The first-order valence-corrected chi connectivity index (χ1v) is 8.82. The van der Waals surface area contributed by atoms with Crippen molar-refractivity contribution in [3.05, 3.63) is 29.3 Å². The smallest absolute Gasteiger partial charge is 0.223 e. The van der Waals surface area contributed by atoms with Gasteiger partial charge in [-0.25, -0.2) is 0 Å². The minimum absolute atomic E-state index is 0.272. The summed E-state index contributed by atoms with van der Waals surface area (Å²) in [6.45, 7) is 9.16. The summed E-state index contributed by atoms with van der Waals surface area (Å²) < 4.78 is 23.5. The lowest BCUT2D eigenvalue weighted by atomic mass is 9.95. The molecule has 7 nitrogen and oxygen atoms in total. The lowest BCUT2D eigenvalue weighted by Gasteiger charge is -2.49. The molecule has 2 heterocycles. The number of carbonyl (C=O) groups excluding carboxylic acids is 1. The predicted molar refractivity (Wildman–Crippen MR) is 93.7 cm³/mol. The lowest BCUT2D eigenvalue weighted by molar-refractivity contribution is -0.361. The first-order valence-electron chi connectivity index (χ1n) is 8.82. The fourth-order valence-corrected chi connectivity index (χ4v) is 3.39. The topological polar surface area (TPSA) is 86.3 Å². The number of aliphatic hydroxyl groups excluding tert-OH is 1. The third-order valence-electron chi connectivity index (χ3n) is 4.63. The number of aryl methyl sites for hydroxylation is 2. The van der Waals surface area contributed by atoms with Gasteiger partial charge in [0.1, 0.15) is 30.1 Å². The summed E-state index contributed by atoms with van der Waals surface area (Å²) in [6, 6.07) is 5.03. The SMILES string of the molecule is CC(=O)NC1C(Oc2ccc(C)cc2C)OC2COC(C)(C)OC2C1O. The van der Waals surface area contributed by atoms with Crippen molar-refractivity contribution >= 4 is 5.91 Å². The second kappa shape index (κ2) is 7.15. The van der Waals surface area contributed by atoms with Gasteiger partial charge in [-0.3, -0.25) is 4.79 Å². The average molecular weight is 365 g/mol. The summed E-state index contributed by atoms with van der Waals surface area (Å²) in [5, 5.41) is 13.6. The molecule has 0 saturated carbocycles. The van der Waals surface area contributed by atoms with Crippen LogP contribution in [0.15, 0.2) is 18.2 Å². The Morgan fingerprint density at radius 2 is 2.08 bits per heavy atom. The number of benzene rings is 1. The Morgan fingerprint density at radius 3 is 2.73 bits per heavy atom. The molecule has 2 fully saturated rings. The maximum absolute atomic E-state index is 11.7. The van der Waals surface area contributed by atoms with E-state index in [1.165, 1.54) is 6.92 Å². The number of hydrogen-bond donors (Lipinski definition) is 2. The minimum Gasteiger partial charge on any atom is -0.462 e. The summed E-state index contributed by atoms with van der Waals surface area (Å²) in [5.41, 5.74) is 2.07. The van der Waals surface area contributed by atoms with Crippen molar-refractivity contribution in [2.24, 2.45) is 0 Å². The molecule has 1 aromatic carbocycles. The molecule has 0 radical (unpaired) electrons. The van der Waals surface area contributed by atoms with Gasteiger partial charge in [-0.15, -0.1) is 0 Å². The molecule has 5 unspecified atom stereocenters. The third-order valence-corrected chi connectivity index (χ3v) is 4.63. The standard InChI is InChI=1S/C19H27NO6/c1-10-6-7-13(11(2)8-10)24-18-15(20-12(3)21)16(22)17-14(25-18)9-23-19(4,5)26-17/h6-8,14-18,22H,9H2,1-5H3,(H,20,21). The predicted octanol–water partition coefficient (Wildman–Crippen LogP) is 1.42. The largest absolute Gasteiger partial charge is 0.462 e. The average Bonchev–Trinajstić information content (AvgIpc) is 2.53. The van der Waals surface area contributed by atoms with Crippen LogP contribution in [-0.2, 0) is 19.0 Å². The van der Waals surface area contributed by atoms with Gasteiger partial charge in [-0.2, -0.15) is 0 Å². The number of amides is 1. The van der Waals surface area contributed by atoms with Gasteiger partial charge in [-0.1, -0.05) is 17.7 Å². The third kappa shape index (κ3) is 4.01. The van der Waals surface area contributed by atoms with E-state index in [2.05, 4.69) is 5.32 Å². The fraction of sp³-hybridized carbons (Fsp3) is 0.632. The highest BCUT2D eigenvalue weighted by molar-refractivity contribution is 5.73. The maximum atomic E-state index is 11.7. The van der Waals surface area contributed by atoms with Crippen molar-refractivity contribution in [1.82, 2.24) is 5.32 Å². The second-order valence-corrected chi connectivity index (χ2v) is 7.44. The zero-order valence-electron chi connectivity index (χ0n) is 15.8. The van der Waals surface area contributed by atoms with Crippen molar-refractivity contribution in [3.63, 3.8) is 0 Å². The van der Waals surface area contributed by atoms with Crippen molar-refractivity contribution in [2.45, 2.75) is 71.0 Å². The molecule has 0 aromatic heterocycles. The summed E-state index contributed by atoms with van der Waals surface area (Å²) in [5.74, 6) is -0.468. The van der Waals surface area contributed by atoms with Gasteiger partial charge in [0.2, 0.25) is 12.2 Å². The molecular formula is C19H27NO6. The molecule has 2 saturated heterocycles. The molecule has 1 amide bonds. The van der Waals surface area contributed by atoms with Crippen LogP contribution >= 0.6 is 0 Å². The molecule has 0 aliphatic carbocycles.